The molecule has 2 aromatic rings. The molecule has 1 aliphatic carbocycles. The third kappa shape index (κ3) is 2.12. The molecule has 0 saturated heterocycles. The zero-order valence-electron chi connectivity index (χ0n) is 12.4. The minimum absolute atomic E-state index is 0.00377. The number of aromatic nitrogens is 2. The lowest BCUT2D eigenvalue weighted by molar-refractivity contribution is 0.0994. The van der Waals surface area contributed by atoms with Crippen LogP contribution in [-0.2, 0) is 6.42 Å². The lowest BCUT2D eigenvalue weighted by Crippen LogP contribution is -2.31. The summed E-state index contributed by atoms with van der Waals surface area (Å²) in [4.78, 5) is 12.7. The molecule has 0 fully saturated rings. The molecule has 0 bridgehead atoms. The average Bonchev–Trinajstić information content (AvgIpc) is 2.76. The first kappa shape index (κ1) is 14.1. The van der Waals surface area contributed by atoms with Crippen LogP contribution >= 0.6 is 11.6 Å². The molecule has 21 heavy (non-hydrogen) atoms. The Bertz CT molecular complexity index is 742. The number of aryl methyl sites for hydroxylation is 1. The van der Waals surface area contributed by atoms with Crippen molar-refractivity contribution in [3.63, 3.8) is 0 Å². The Hall–Kier alpha value is -1.87. The van der Waals surface area contributed by atoms with E-state index in [0.717, 1.165) is 23.5 Å². The second-order valence-corrected chi connectivity index (χ2v) is 6.29. The number of ketones is 1. The monoisotopic (exact) mass is 300 g/mol. The summed E-state index contributed by atoms with van der Waals surface area (Å²) < 4.78 is 1.88. The maximum atomic E-state index is 12.7. The molecule has 0 amide bonds. The summed E-state index contributed by atoms with van der Waals surface area (Å²) in [7, 11) is 0. The van der Waals surface area contributed by atoms with Crippen LogP contribution in [0.3, 0.4) is 0 Å². The van der Waals surface area contributed by atoms with Gasteiger partial charge in [0.05, 0.1) is 22.6 Å². The van der Waals surface area contributed by atoms with Gasteiger partial charge in [-0.15, -0.1) is 0 Å². The number of allylic oxidation sites excluding steroid dienone is 1. The topological polar surface area (TPSA) is 34.9 Å². The van der Waals surface area contributed by atoms with E-state index in [9.17, 15) is 4.79 Å². The molecule has 0 spiro atoms. The Labute approximate surface area is 129 Å². The number of nitrogens with zero attached hydrogens (tertiary/aromatic N) is 2. The Morgan fingerprint density at radius 3 is 2.57 bits per heavy atom. The van der Waals surface area contributed by atoms with Crippen molar-refractivity contribution in [2.45, 2.75) is 27.2 Å². The van der Waals surface area contributed by atoms with Crippen LogP contribution in [0, 0.1) is 12.3 Å². The van der Waals surface area contributed by atoms with Crippen molar-refractivity contribution in [2.75, 3.05) is 0 Å². The van der Waals surface area contributed by atoms with Crippen LogP contribution < -0.4 is 0 Å². The van der Waals surface area contributed by atoms with Gasteiger partial charge in [0.25, 0.3) is 0 Å². The van der Waals surface area contributed by atoms with Crippen LogP contribution in [0.2, 0.25) is 0 Å². The standard InChI is InChI=1S/C17H17ClN2O/c1-11-15-14(9-17(2,3)13(10-18)16(15)21)20(19-11)12-7-5-4-6-8-12/h4-8,10H,9H2,1-3H3/b13-10+. The largest absolute Gasteiger partial charge is 0.289 e. The third-order valence-electron chi connectivity index (χ3n) is 4.08. The van der Waals surface area contributed by atoms with Crippen molar-refractivity contribution in [3.8, 4) is 5.69 Å². The maximum absolute atomic E-state index is 12.7. The fourth-order valence-electron chi connectivity index (χ4n) is 2.97. The molecule has 0 N–H and O–H groups in total. The zero-order valence-corrected chi connectivity index (χ0v) is 13.1. The molecule has 3 nitrogen and oxygen atoms in total. The van der Waals surface area contributed by atoms with Crippen molar-refractivity contribution in [1.29, 1.82) is 0 Å². The van der Waals surface area contributed by atoms with Gasteiger partial charge in [-0.25, -0.2) is 4.68 Å². The summed E-state index contributed by atoms with van der Waals surface area (Å²) in [5.41, 5.74) is 5.19. The van der Waals surface area contributed by atoms with E-state index < -0.39 is 0 Å². The van der Waals surface area contributed by atoms with Gasteiger partial charge >= 0.3 is 0 Å². The number of hydrogen-bond donors (Lipinski definition) is 0. The average molecular weight is 301 g/mol. The first-order valence-electron chi connectivity index (χ1n) is 6.95. The summed E-state index contributed by atoms with van der Waals surface area (Å²) in [6.07, 6.45) is 0.738. The second-order valence-electron chi connectivity index (χ2n) is 6.07. The summed E-state index contributed by atoms with van der Waals surface area (Å²) in [6, 6.07) is 9.90. The Kier molecular flexibility index (Phi) is 3.25. The predicted molar refractivity (Wildman–Crippen MR) is 84.1 cm³/mol. The molecule has 108 valence electrons. The van der Waals surface area contributed by atoms with E-state index in [4.69, 9.17) is 11.6 Å². The highest BCUT2D eigenvalue weighted by atomic mass is 35.5. The number of rotatable bonds is 1. The van der Waals surface area contributed by atoms with Crippen LogP contribution in [0.4, 0.5) is 0 Å². The van der Waals surface area contributed by atoms with E-state index in [2.05, 4.69) is 5.10 Å². The van der Waals surface area contributed by atoms with Crippen molar-refractivity contribution in [2.24, 2.45) is 5.41 Å². The van der Waals surface area contributed by atoms with Gasteiger partial charge < -0.3 is 0 Å². The summed E-state index contributed by atoms with van der Waals surface area (Å²) in [5.74, 6) is -0.00377. The smallest absolute Gasteiger partial charge is 0.194 e. The first-order valence-corrected chi connectivity index (χ1v) is 7.39. The fourth-order valence-corrected chi connectivity index (χ4v) is 3.36. The van der Waals surface area contributed by atoms with Gasteiger partial charge in [-0.1, -0.05) is 43.6 Å². The minimum atomic E-state index is -0.287. The maximum Gasteiger partial charge on any atom is 0.194 e. The van der Waals surface area contributed by atoms with Crippen LogP contribution in [-0.4, -0.2) is 15.6 Å². The summed E-state index contributed by atoms with van der Waals surface area (Å²) in [5, 5.41) is 4.57. The number of carbonyl (C=O) groups is 1. The number of benzene rings is 1. The minimum Gasteiger partial charge on any atom is -0.289 e. The molecule has 0 aliphatic heterocycles. The van der Waals surface area contributed by atoms with E-state index in [1.807, 2.05) is 55.8 Å². The van der Waals surface area contributed by atoms with Gasteiger partial charge in [-0.05, 0) is 30.9 Å². The second kappa shape index (κ2) is 4.85. The first-order chi connectivity index (χ1) is 9.95. The van der Waals surface area contributed by atoms with E-state index >= 15 is 0 Å². The molecule has 0 unspecified atom stereocenters. The van der Waals surface area contributed by atoms with Crippen LogP contribution in [0.15, 0.2) is 41.4 Å². The lowest BCUT2D eigenvalue weighted by atomic mass is 9.72. The fraction of sp³-hybridized carbons (Fsp3) is 0.294. The highest BCUT2D eigenvalue weighted by Gasteiger charge is 2.39. The molecule has 1 aromatic heterocycles. The van der Waals surface area contributed by atoms with Crippen LogP contribution in [0.25, 0.3) is 5.69 Å². The summed E-state index contributed by atoms with van der Waals surface area (Å²) >= 11 is 5.89. The van der Waals surface area contributed by atoms with Crippen molar-refractivity contribution in [1.82, 2.24) is 9.78 Å². The highest BCUT2D eigenvalue weighted by molar-refractivity contribution is 6.29. The van der Waals surface area contributed by atoms with Crippen molar-refractivity contribution in [3.05, 3.63) is 58.4 Å². The predicted octanol–water partition coefficient (Wildman–Crippen LogP) is 4.07. The number of Topliss-reactive ketones (excluding diaryl/α,β-unsaturated/α-hetero) is 1. The number of carbonyl (C=O) groups excluding carboxylic acids is 1. The van der Waals surface area contributed by atoms with Crippen LogP contribution in [0.1, 0.15) is 35.6 Å². The van der Waals surface area contributed by atoms with E-state index in [1.54, 1.807) is 0 Å². The van der Waals surface area contributed by atoms with Gasteiger partial charge in [0.2, 0.25) is 0 Å². The number of halogens is 1. The Morgan fingerprint density at radius 2 is 1.95 bits per heavy atom. The number of fused-ring (bicyclic) bond motifs is 1. The Morgan fingerprint density at radius 1 is 1.29 bits per heavy atom. The van der Waals surface area contributed by atoms with E-state index in [1.165, 1.54) is 5.54 Å². The molecule has 3 rings (SSSR count). The van der Waals surface area contributed by atoms with Gasteiger partial charge in [-0.3, -0.25) is 4.79 Å². The summed E-state index contributed by atoms with van der Waals surface area (Å²) in [6.45, 7) is 5.96. The lowest BCUT2D eigenvalue weighted by Gasteiger charge is -2.31. The zero-order chi connectivity index (χ0) is 15.2. The molecular weight excluding hydrogens is 284 g/mol. The molecular formula is C17H17ClN2O. The SMILES string of the molecule is Cc1nn(-c2ccccc2)c2c1C(=O)/C(=C\Cl)C(C)(C)C2. The van der Waals surface area contributed by atoms with Gasteiger partial charge in [-0.2, -0.15) is 5.10 Å². The quantitative estimate of drug-likeness (QED) is 0.744. The van der Waals surface area contributed by atoms with Crippen molar-refractivity contribution < 1.29 is 4.79 Å². The van der Waals surface area contributed by atoms with Gasteiger partial charge in [0.1, 0.15) is 0 Å². The Balaban J connectivity index is 2.24. The number of para-hydroxylation sites is 1. The molecule has 4 heteroatoms. The molecule has 0 saturated carbocycles. The van der Waals surface area contributed by atoms with Gasteiger partial charge in [0.15, 0.2) is 5.78 Å². The number of hydrogen-bond acceptors (Lipinski definition) is 2. The van der Waals surface area contributed by atoms with E-state index in [0.29, 0.717) is 11.1 Å². The molecule has 1 aromatic carbocycles. The molecule has 1 heterocycles. The molecule has 0 atom stereocenters. The molecule has 1 aliphatic rings. The van der Waals surface area contributed by atoms with Crippen LogP contribution in [0.5, 0.6) is 0 Å². The van der Waals surface area contributed by atoms with E-state index in [-0.39, 0.29) is 11.2 Å². The van der Waals surface area contributed by atoms with Gasteiger partial charge in [0, 0.05) is 11.1 Å². The molecule has 0 radical (unpaired) electrons. The van der Waals surface area contributed by atoms with Crippen molar-refractivity contribution >= 4 is 17.4 Å². The highest BCUT2D eigenvalue weighted by Crippen LogP contribution is 2.41. The normalized spacial score (nSPS) is 18.9. The third-order valence-corrected chi connectivity index (χ3v) is 4.29.